The summed E-state index contributed by atoms with van der Waals surface area (Å²) in [7, 11) is 3.21. The van der Waals surface area contributed by atoms with E-state index in [0.29, 0.717) is 51.2 Å². The maximum atomic E-state index is 12.5. The molecule has 1 N–H and O–H groups in total. The van der Waals surface area contributed by atoms with Crippen LogP contribution in [0.1, 0.15) is 26.6 Å². The van der Waals surface area contributed by atoms with E-state index in [1.54, 1.807) is 43.2 Å². The van der Waals surface area contributed by atoms with Crippen molar-refractivity contribution in [2.45, 2.75) is 32.9 Å². The Kier molecular flexibility index (Phi) is 6.92. The van der Waals surface area contributed by atoms with Gasteiger partial charge in [0.2, 0.25) is 0 Å². The van der Waals surface area contributed by atoms with Gasteiger partial charge in [0, 0.05) is 24.9 Å². The molecule has 0 saturated carbocycles. The number of rotatable bonds is 6. The van der Waals surface area contributed by atoms with E-state index in [1.807, 2.05) is 51.1 Å². The van der Waals surface area contributed by atoms with E-state index in [1.165, 1.54) is 4.90 Å². The quantitative estimate of drug-likeness (QED) is 0.299. The van der Waals surface area contributed by atoms with Crippen LogP contribution in [0.3, 0.4) is 0 Å². The van der Waals surface area contributed by atoms with Crippen LogP contribution in [0.4, 0.5) is 16.2 Å². The van der Waals surface area contributed by atoms with Crippen molar-refractivity contribution >= 4 is 45.7 Å². The van der Waals surface area contributed by atoms with Gasteiger partial charge in [0.15, 0.2) is 11.5 Å². The lowest BCUT2D eigenvalue weighted by molar-refractivity contribution is 0.0589. The molecule has 0 radical (unpaired) electrons. The molecule has 0 fully saturated rings. The summed E-state index contributed by atoms with van der Waals surface area (Å²) >= 11 is 6.56. The van der Waals surface area contributed by atoms with Crippen molar-refractivity contribution in [2.24, 2.45) is 0 Å². The van der Waals surface area contributed by atoms with Crippen LogP contribution in [0.15, 0.2) is 54.9 Å². The van der Waals surface area contributed by atoms with Gasteiger partial charge in [0.05, 0.1) is 47.5 Å². The van der Waals surface area contributed by atoms with Gasteiger partial charge in [0.25, 0.3) is 0 Å². The second-order valence-electron chi connectivity index (χ2n) is 9.77. The second-order valence-corrected chi connectivity index (χ2v) is 10.2. The summed E-state index contributed by atoms with van der Waals surface area (Å²) in [4.78, 5) is 22.7. The average molecular weight is 547 g/mol. The number of hydrogen-bond donors (Lipinski definition) is 1. The molecule has 0 aliphatic rings. The van der Waals surface area contributed by atoms with Gasteiger partial charge in [-0.15, -0.1) is 10.2 Å². The van der Waals surface area contributed by atoms with Gasteiger partial charge in [-0.2, -0.15) is 9.61 Å². The zero-order chi connectivity index (χ0) is 27.7. The number of methoxy groups -OCH3 is 1. The number of nitrogens with one attached hydrogen (secondary N) is 1. The first-order chi connectivity index (χ1) is 18.6. The Morgan fingerprint density at radius 2 is 1.92 bits per heavy atom. The summed E-state index contributed by atoms with van der Waals surface area (Å²) < 4.78 is 12.4. The molecule has 0 saturated heterocycles. The van der Waals surface area contributed by atoms with Crippen molar-refractivity contribution in [3.63, 3.8) is 0 Å². The fourth-order valence-corrected chi connectivity index (χ4v) is 4.21. The number of carbonyl (C=O) groups is 1. The smallest absolute Gasteiger partial charge is 0.414 e. The molecule has 4 aromatic heterocycles. The van der Waals surface area contributed by atoms with E-state index in [9.17, 15) is 4.79 Å². The Balaban J connectivity index is 1.38. The van der Waals surface area contributed by atoms with Crippen LogP contribution in [-0.4, -0.2) is 55.6 Å². The molecular formula is C27H27ClN8O3. The summed E-state index contributed by atoms with van der Waals surface area (Å²) in [5, 5.41) is 17.0. The summed E-state index contributed by atoms with van der Waals surface area (Å²) in [5.41, 5.74) is 4.18. The van der Waals surface area contributed by atoms with E-state index in [4.69, 9.17) is 26.2 Å². The number of benzene rings is 1. The van der Waals surface area contributed by atoms with Crippen molar-refractivity contribution in [1.29, 1.82) is 0 Å². The fourth-order valence-electron chi connectivity index (χ4n) is 3.90. The number of anilines is 2. The highest BCUT2D eigenvalue weighted by atomic mass is 35.5. The minimum atomic E-state index is -0.614. The first kappa shape index (κ1) is 26.1. The predicted molar refractivity (Wildman–Crippen MR) is 149 cm³/mol. The SMILES string of the molecule is COc1cnc2c(NCc3nnc4ccc(-c5ccc(N(C)C(=O)OC(C)(C)C)c(Cl)c5)nn34)ccnc2c1. The summed E-state index contributed by atoms with van der Waals surface area (Å²) in [6, 6.07) is 12.7. The molecule has 5 rings (SSSR count). The van der Waals surface area contributed by atoms with Crippen LogP contribution < -0.4 is 15.0 Å². The molecule has 0 aliphatic heterocycles. The summed E-state index contributed by atoms with van der Waals surface area (Å²) in [6.07, 6.45) is 2.86. The molecule has 0 bridgehead atoms. The lowest BCUT2D eigenvalue weighted by Gasteiger charge is -2.25. The van der Waals surface area contributed by atoms with Crippen molar-refractivity contribution < 1.29 is 14.3 Å². The Morgan fingerprint density at radius 3 is 2.67 bits per heavy atom. The van der Waals surface area contributed by atoms with Crippen molar-refractivity contribution in [3.8, 4) is 17.0 Å². The third-order valence-electron chi connectivity index (χ3n) is 5.82. The minimum Gasteiger partial charge on any atom is -0.495 e. The number of hydrogen-bond acceptors (Lipinski definition) is 9. The molecule has 0 atom stereocenters. The largest absolute Gasteiger partial charge is 0.495 e. The van der Waals surface area contributed by atoms with E-state index in [-0.39, 0.29) is 0 Å². The van der Waals surface area contributed by atoms with Gasteiger partial charge in [-0.3, -0.25) is 9.88 Å². The predicted octanol–water partition coefficient (Wildman–Crippen LogP) is 5.38. The lowest BCUT2D eigenvalue weighted by Crippen LogP contribution is -2.34. The molecule has 200 valence electrons. The van der Waals surface area contributed by atoms with Crippen molar-refractivity contribution in [2.75, 3.05) is 24.4 Å². The normalized spacial score (nSPS) is 11.5. The standard InChI is InChI=1S/C27H27ClN8O3/c1-27(2,3)39-26(37)35(4)22-8-6-16(12-18(22)28)19-7-9-23-32-33-24(36(23)34-19)15-30-20-10-11-29-21-13-17(38-5)14-31-25(20)21/h6-14H,15H2,1-5H3,(H,29,30). The fraction of sp³-hybridized carbons (Fsp3) is 0.259. The molecule has 12 heteroatoms. The topological polar surface area (TPSA) is 120 Å². The van der Waals surface area contributed by atoms with E-state index in [2.05, 4.69) is 25.5 Å². The Labute approximate surface area is 229 Å². The highest BCUT2D eigenvalue weighted by Crippen LogP contribution is 2.31. The molecule has 0 unspecified atom stereocenters. The van der Waals surface area contributed by atoms with Crippen LogP contribution >= 0.6 is 11.6 Å². The van der Waals surface area contributed by atoms with E-state index >= 15 is 0 Å². The Hall–Kier alpha value is -4.51. The van der Waals surface area contributed by atoms with Gasteiger partial charge < -0.3 is 14.8 Å². The molecular weight excluding hydrogens is 520 g/mol. The van der Waals surface area contributed by atoms with Crippen LogP contribution in [-0.2, 0) is 11.3 Å². The number of amides is 1. The first-order valence-electron chi connectivity index (χ1n) is 12.1. The molecule has 1 aromatic carbocycles. The Morgan fingerprint density at radius 1 is 1.10 bits per heavy atom. The van der Waals surface area contributed by atoms with Crippen LogP contribution in [0, 0.1) is 0 Å². The summed E-state index contributed by atoms with van der Waals surface area (Å²) in [5.74, 6) is 1.25. The molecule has 39 heavy (non-hydrogen) atoms. The highest BCUT2D eigenvalue weighted by molar-refractivity contribution is 6.34. The van der Waals surface area contributed by atoms with Crippen molar-refractivity contribution in [3.05, 3.63) is 65.7 Å². The zero-order valence-electron chi connectivity index (χ0n) is 22.1. The van der Waals surface area contributed by atoms with Gasteiger partial charge in [-0.25, -0.2) is 9.78 Å². The van der Waals surface area contributed by atoms with Gasteiger partial charge in [-0.05, 0) is 51.1 Å². The van der Waals surface area contributed by atoms with E-state index in [0.717, 1.165) is 11.3 Å². The molecule has 0 aliphatic carbocycles. The lowest BCUT2D eigenvalue weighted by atomic mass is 10.1. The first-order valence-corrected chi connectivity index (χ1v) is 12.5. The van der Waals surface area contributed by atoms with Crippen LogP contribution in [0.5, 0.6) is 5.75 Å². The third-order valence-corrected chi connectivity index (χ3v) is 6.13. The van der Waals surface area contributed by atoms with E-state index < -0.39 is 11.7 Å². The number of pyridine rings is 2. The number of ether oxygens (including phenoxy) is 2. The molecule has 0 spiro atoms. The number of halogens is 1. The van der Waals surface area contributed by atoms with Crippen LogP contribution in [0.25, 0.3) is 27.9 Å². The number of aromatic nitrogens is 6. The zero-order valence-corrected chi connectivity index (χ0v) is 22.9. The minimum absolute atomic E-state index is 0.352. The highest BCUT2D eigenvalue weighted by Gasteiger charge is 2.22. The van der Waals surface area contributed by atoms with Crippen LogP contribution in [0.2, 0.25) is 5.02 Å². The number of carbonyl (C=O) groups excluding carboxylic acids is 1. The maximum Gasteiger partial charge on any atom is 0.414 e. The maximum absolute atomic E-state index is 12.5. The average Bonchev–Trinajstić information content (AvgIpc) is 3.32. The number of fused-ring (bicyclic) bond motifs is 2. The van der Waals surface area contributed by atoms with Gasteiger partial charge in [0.1, 0.15) is 16.9 Å². The molecule has 4 heterocycles. The molecule has 1 amide bonds. The molecule has 5 aromatic rings. The molecule has 11 nitrogen and oxygen atoms in total. The third kappa shape index (κ3) is 5.53. The van der Waals surface area contributed by atoms with Gasteiger partial charge in [-0.1, -0.05) is 17.7 Å². The van der Waals surface area contributed by atoms with Gasteiger partial charge >= 0.3 is 6.09 Å². The number of nitrogens with zero attached hydrogens (tertiary/aromatic N) is 7. The Bertz CT molecular complexity index is 1680. The second kappa shape index (κ2) is 10.3. The van der Waals surface area contributed by atoms with Crippen molar-refractivity contribution in [1.82, 2.24) is 29.8 Å². The summed E-state index contributed by atoms with van der Waals surface area (Å²) in [6.45, 7) is 5.79. The monoisotopic (exact) mass is 546 g/mol.